The van der Waals surface area contributed by atoms with Crippen LogP contribution < -0.4 is 0 Å². The molecule has 0 aliphatic heterocycles. The van der Waals surface area contributed by atoms with E-state index in [1.165, 1.54) is 33.4 Å². The molecule has 0 unspecified atom stereocenters. The van der Waals surface area contributed by atoms with Gasteiger partial charge in [-0.05, 0) is 53.6 Å². The molecule has 2 rings (SSSR count). The second kappa shape index (κ2) is 4.58. The van der Waals surface area contributed by atoms with E-state index in [0.717, 1.165) is 6.42 Å². The number of hydrogen-bond acceptors (Lipinski definition) is 0. The maximum Gasteiger partial charge on any atom is -0.00854 e. The van der Waals surface area contributed by atoms with Crippen LogP contribution in [0.3, 0.4) is 0 Å². The zero-order valence-corrected chi connectivity index (χ0v) is 10.6. The molecule has 1 aliphatic rings. The van der Waals surface area contributed by atoms with Gasteiger partial charge in [-0.2, -0.15) is 0 Å². The second-order valence-electron chi connectivity index (χ2n) is 4.37. The highest BCUT2D eigenvalue weighted by atomic mass is 14.2. The highest BCUT2D eigenvalue weighted by Crippen LogP contribution is 2.31. The van der Waals surface area contributed by atoms with Crippen molar-refractivity contribution < 1.29 is 0 Å². The minimum absolute atomic E-state index is 0.993. The van der Waals surface area contributed by atoms with E-state index in [9.17, 15) is 0 Å². The second-order valence-corrected chi connectivity index (χ2v) is 4.37. The molecule has 0 heteroatoms. The van der Waals surface area contributed by atoms with Crippen LogP contribution in [0.4, 0.5) is 0 Å². The van der Waals surface area contributed by atoms with E-state index in [0.29, 0.717) is 0 Å². The smallest absolute Gasteiger partial charge is 0.00854 e. The van der Waals surface area contributed by atoms with Gasteiger partial charge in [0.15, 0.2) is 0 Å². The van der Waals surface area contributed by atoms with Gasteiger partial charge in [-0.3, -0.25) is 0 Å². The van der Waals surface area contributed by atoms with Gasteiger partial charge in [0, 0.05) is 0 Å². The molecule has 1 aromatic rings. The van der Waals surface area contributed by atoms with Gasteiger partial charge in [0.2, 0.25) is 0 Å². The minimum atomic E-state index is 0.993. The van der Waals surface area contributed by atoms with E-state index < -0.39 is 0 Å². The predicted octanol–water partition coefficient (Wildman–Crippen LogP) is 4.71. The van der Waals surface area contributed by atoms with Gasteiger partial charge < -0.3 is 0 Å². The van der Waals surface area contributed by atoms with Crippen LogP contribution in [0.5, 0.6) is 0 Å². The van der Waals surface area contributed by atoms with Gasteiger partial charge in [0.1, 0.15) is 0 Å². The molecular formula is C17H18. The summed E-state index contributed by atoms with van der Waals surface area (Å²) in [6.45, 7) is 12.2. The van der Waals surface area contributed by atoms with E-state index in [1.807, 2.05) is 12.2 Å². The first-order valence-electron chi connectivity index (χ1n) is 5.94. The Hall–Kier alpha value is -1.82. The third kappa shape index (κ3) is 1.80. The normalized spacial score (nSPS) is 13.1. The quantitative estimate of drug-likeness (QED) is 0.679. The first-order valence-corrected chi connectivity index (χ1v) is 5.94. The van der Waals surface area contributed by atoms with Crippen LogP contribution in [0, 0.1) is 13.8 Å². The van der Waals surface area contributed by atoms with Gasteiger partial charge in [-0.15, -0.1) is 0 Å². The Morgan fingerprint density at radius 2 is 1.65 bits per heavy atom. The average molecular weight is 222 g/mol. The number of hydrogen-bond donors (Lipinski definition) is 0. The van der Waals surface area contributed by atoms with Crippen LogP contribution in [0.25, 0.3) is 18.2 Å². The van der Waals surface area contributed by atoms with Crippen molar-refractivity contribution in [3.05, 3.63) is 64.8 Å². The maximum atomic E-state index is 3.93. The van der Waals surface area contributed by atoms with Crippen molar-refractivity contribution in [2.75, 3.05) is 0 Å². The van der Waals surface area contributed by atoms with Crippen molar-refractivity contribution >= 4 is 18.2 Å². The number of fused-ring (bicyclic) bond motifs is 1. The molecular weight excluding hydrogens is 204 g/mol. The molecule has 1 aromatic carbocycles. The molecule has 0 saturated carbocycles. The highest BCUT2D eigenvalue weighted by Gasteiger charge is 2.14. The first kappa shape index (κ1) is 11.7. The van der Waals surface area contributed by atoms with Gasteiger partial charge in [-0.25, -0.2) is 0 Å². The van der Waals surface area contributed by atoms with Crippen molar-refractivity contribution in [3.8, 4) is 0 Å². The Morgan fingerprint density at radius 1 is 1.00 bits per heavy atom. The Morgan fingerprint density at radius 3 is 2.29 bits per heavy atom. The molecule has 0 saturated heterocycles. The van der Waals surface area contributed by atoms with E-state index in [1.54, 1.807) is 0 Å². The summed E-state index contributed by atoms with van der Waals surface area (Å²) < 4.78 is 0. The van der Waals surface area contributed by atoms with Crippen molar-refractivity contribution in [2.45, 2.75) is 20.3 Å². The summed E-state index contributed by atoms with van der Waals surface area (Å²) in [5.41, 5.74) is 7.81. The molecule has 0 atom stereocenters. The van der Waals surface area contributed by atoms with Crippen molar-refractivity contribution in [1.29, 1.82) is 0 Å². The van der Waals surface area contributed by atoms with E-state index in [-0.39, 0.29) is 0 Å². The largest absolute Gasteiger partial charge is 0.0984 e. The molecule has 0 aromatic heterocycles. The third-order valence-electron chi connectivity index (χ3n) is 3.52. The molecule has 0 spiro atoms. The molecule has 86 valence electrons. The number of benzene rings is 1. The lowest BCUT2D eigenvalue weighted by Gasteiger charge is -2.18. The molecule has 0 heterocycles. The lowest BCUT2D eigenvalue weighted by molar-refractivity contribution is 1.17. The van der Waals surface area contributed by atoms with Crippen molar-refractivity contribution in [1.82, 2.24) is 0 Å². The molecule has 0 nitrogen and oxygen atoms in total. The summed E-state index contributed by atoms with van der Waals surface area (Å²) in [6, 6.07) is 0. The zero-order chi connectivity index (χ0) is 12.4. The van der Waals surface area contributed by atoms with Crippen LogP contribution in [-0.4, -0.2) is 0 Å². The molecule has 0 fully saturated rings. The van der Waals surface area contributed by atoms with E-state index in [2.05, 4.69) is 51.3 Å². The molecule has 0 bridgehead atoms. The summed E-state index contributed by atoms with van der Waals surface area (Å²) in [5.74, 6) is 0. The topological polar surface area (TPSA) is 0 Å². The molecule has 0 amide bonds. The third-order valence-corrected chi connectivity index (χ3v) is 3.52. The highest BCUT2D eigenvalue weighted by molar-refractivity contribution is 5.77. The van der Waals surface area contributed by atoms with Crippen LogP contribution in [0.1, 0.15) is 33.4 Å². The van der Waals surface area contributed by atoms with Gasteiger partial charge in [-0.1, -0.05) is 49.6 Å². The van der Waals surface area contributed by atoms with Gasteiger partial charge in [0.05, 0.1) is 0 Å². The predicted molar refractivity (Wildman–Crippen MR) is 78.0 cm³/mol. The molecule has 17 heavy (non-hydrogen) atoms. The van der Waals surface area contributed by atoms with E-state index in [4.69, 9.17) is 0 Å². The fraction of sp³-hybridized carbons (Fsp3) is 0.176. The van der Waals surface area contributed by atoms with Crippen LogP contribution in [0.15, 0.2) is 31.4 Å². The fourth-order valence-electron chi connectivity index (χ4n) is 2.57. The van der Waals surface area contributed by atoms with Gasteiger partial charge >= 0.3 is 0 Å². The lowest BCUT2D eigenvalue weighted by atomic mass is 9.86. The molecule has 1 aliphatic carbocycles. The van der Waals surface area contributed by atoms with Crippen LogP contribution in [0.2, 0.25) is 0 Å². The molecule has 0 radical (unpaired) electrons. The van der Waals surface area contributed by atoms with Crippen LogP contribution >= 0.6 is 0 Å². The Labute approximate surface area is 104 Å². The average Bonchev–Trinajstić information content (AvgIpc) is 2.59. The summed E-state index contributed by atoms with van der Waals surface area (Å²) in [6.07, 6.45) is 13.5. The van der Waals surface area contributed by atoms with Gasteiger partial charge in [0.25, 0.3) is 0 Å². The monoisotopic (exact) mass is 222 g/mol. The summed E-state index contributed by atoms with van der Waals surface area (Å²) in [4.78, 5) is 0. The Kier molecular flexibility index (Phi) is 3.14. The molecule has 0 N–H and O–H groups in total. The Bertz CT molecular complexity index is 540. The maximum absolute atomic E-state index is 3.93. The summed E-state index contributed by atoms with van der Waals surface area (Å²) in [5, 5.41) is 0. The zero-order valence-electron chi connectivity index (χ0n) is 10.6. The first-order chi connectivity index (χ1) is 8.20. The lowest BCUT2D eigenvalue weighted by Crippen LogP contribution is -2.01. The summed E-state index contributed by atoms with van der Waals surface area (Å²) >= 11 is 0. The van der Waals surface area contributed by atoms with Crippen molar-refractivity contribution in [2.24, 2.45) is 0 Å². The van der Waals surface area contributed by atoms with E-state index >= 15 is 0 Å². The Balaban J connectivity index is 2.86. The SMILES string of the molecule is C=Cc1c(C)c2c(c(C)c1C=C)CC=CC=C2. The standard InChI is InChI=1S/C17H18/c1-5-14-12(3)16-10-8-7-9-11-17(16)13(4)15(14)6-2/h5-10H,1-2,11H2,3-4H3. The van der Waals surface area contributed by atoms with Crippen LogP contribution in [-0.2, 0) is 6.42 Å². The number of rotatable bonds is 2. The summed E-state index contributed by atoms with van der Waals surface area (Å²) in [7, 11) is 0. The fourth-order valence-corrected chi connectivity index (χ4v) is 2.57. The minimum Gasteiger partial charge on any atom is -0.0984 e. The van der Waals surface area contributed by atoms with Crippen molar-refractivity contribution in [3.63, 3.8) is 0 Å². The number of allylic oxidation sites excluding steroid dienone is 3.